The number of methoxy groups -OCH3 is 1. The molecule has 0 aromatic carbocycles. The van der Waals surface area contributed by atoms with E-state index in [0.29, 0.717) is 6.54 Å². The fourth-order valence-electron chi connectivity index (χ4n) is 1.44. The molecule has 0 aliphatic carbocycles. The van der Waals surface area contributed by atoms with Crippen molar-refractivity contribution in [2.75, 3.05) is 7.11 Å². The lowest BCUT2D eigenvalue weighted by Gasteiger charge is -2.12. The zero-order valence-electron chi connectivity index (χ0n) is 9.49. The van der Waals surface area contributed by atoms with Gasteiger partial charge < -0.3 is 9.30 Å². The molecule has 0 saturated carbocycles. The van der Waals surface area contributed by atoms with Crippen LogP contribution in [0.15, 0.2) is 18.3 Å². The highest BCUT2D eigenvalue weighted by Gasteiger charge is 2.12. The molecule has 15 heavy (non-hydrogen) atoms. The third-order valence-corrected chi connectivity index (χ3v) is 2.41. The topological polar surface area (TPSA) is 43.3 Å². The van der Waals surface area contributed by atoms with Gasteiger partial charge in [0.05, 0.1) is 7.11 Å². The molecule has 1 aromatic rings. The Morgan fingerprint density at radius 2 is 2.40 bits per heavy atom. The predicted molar refractivity (Wildman–Crippen MR) is 58.4 cm³/mol. The molecule has 0 aliphatic rings. The molecular weight excluding hydrogens is 192 g/mol. The largest absolute Gasteiger partial charge is 0.468 e. The van der Waals surface area contributed by atoms with Crippen LogP contribution < -0.4 is 5.32 Å². The zero-order valence-corrected chi connectivity index (χ0v) is 9.49. The van der Waals surface area contributed by atoms with Crippen molar-refractivity contribution in [3.05, 3.63) is 24.0 Å². The Bertz CT molecular complexity index is 320. The van der Waals surface area contributed by atoms with Crippen molar-refractivity contribution in [2.45, 2.75) is 33.0 Å². The van der Waals surface area contributed by atoms with Crippen LogP contribution in [0.1, 0.15) is 19.5 Å². The summed E-state index contributed by atoms with van der Waals surface area (Å²) >= 11 is 0. The van der Waals surface area contributed by atoms with Crippen LogP contribution in [0.25, 0.3) is 0 Å². The first kappa shape index (κ1) is 11.8. The Labute approximate surface area is 90.2 Å². The first-order valence-corrected chi connectivity index (χ1v) is 5.14. The molecule has 0 radical (unpaired) electrons. The Balaban J connectivity index is 2.46. The van der Waals surface area contributed by atoms with Gasteiger partial charge in [-0.15, -0.1) is 0 Å². The maximum atomic E-state index is 11.1. The van der Waals surface area contributed by atoms with E-state index in [2.05, 4.69) is 21.5 Å². The highest BCUT2D eigenvalue weighted by atomic mass is 16.5. The molecular formula is C11H18N2O2. The summed E-state index contributed by atoms with van der Waals surface area (Å²) in [5.41, 5.74) is 1.17. The van der Waals surface area contributed by atoms with Gasteiger partial charge in [0.1, 0.15) is 6.04 Å². The molecule has 0 fully saturated rings. The van der Waals surface area contributed by atoms with Crippen molar-refractivity contribution < 1.29 is 9.53 Å². The smallest absolute Gasteiger partial charge is 0.322 e. The summed E-state index contributed by atoms with van der Waals surface area (Å²) in [4.78, 5) is 11.1. The maximum Gasteiger partial charge on any atom is 0.322 e. The molecule has 0 saturated heterocycles. The van der Waals surface area contributed by atoms with E-state index in [9.17, 15) is 4.79 Å². The molecule has 0 aliphatic heterocycles. The summed E-state index contributed by atoms with van der Waals surface area (Å²) in [5, 5.41) is 3.12. The van der Waals surface area contributed by atoms with Crippen LogP contribution in [0, 0.1) is 0 Å². The number of nitrogens with one attached hydrogen (secondary N) is 1. The fraction of sp³-hybridized carbons (Fsp3) is 0.545. The van der Waals surface area contributed by atoms with E-state index in [-0.39, 0.29) is 12.0 Å². The minimum atomic E-state index is -0.268. The fourth-order valence-corrected chi connectivity index (χ4v) is 1.44. The van der Waals surface area contributed by atoms with Crippen LogP contribution in [0.5, 0.6) is 0 Å². The lowest BCUT2D eigenvalue weighted by Crippen LogP contribution is -2.34. The van der Waals surface area contributed by atoms with E-state index >= 15 is 0 Å². The van der Waals surface area contributed by atoms with Crippen molar-refractivity contribution in [2.24, 2.45) is 0 Å². The molecule has 84 valence electrons. The van der Waals surface area contributed by atoms with Crippen LogP contribution in [0.3, 0.4) is 0 Å². The second-order valence-electron chi connectivity index (χ2n) is 3.41. The van der Waals surface area contributed by atoms with Gasteiger partial charge >= 0.3 is 5.97 Å². The van der Waals surface area contributed by atoms with Gasteiger partial charge in [-0.2, -0.15) is 0 Å². The highest BCUT2D eigenvalue weighted by molar-refractivity contribution is 5.75. The standard InChI is InChI=1S/C11H18N2O2/c1-4-13-7-5-6-10(13)8-12-9(2)11(14)15-3/h5-7,9,12H,4,8H2,1-3H3. The number of hydrogen-bond acceptors (Lipinski definition) is 3. The van der Waals surface area contributed by atoms with E-state index in [0.717, 1.165) is 6.54 Å². The lowest BCUT2D eigenvalue weighted by molar-refractivity contribution is -0.142. The number of carbonyl (C=O) groups excluding carboxylic acids is 1. The van der Waals surface area contributed by atoms with Gasteiger partial charge in [-0.3, -0.25) is 10.1 Å². The van der Waals surface area contributed by atoms with Gasteiger partial charge in [0.25, 0.3) is 0 Å². The number of esters is 1. The third kappa shape index (κ3) is 3.09. The first-order chi connectivity index (χ1) is 7.19. The Hall–Kier alpha value is -1.29. The zero-order chi connectivity index (χ0) is 11.3. The Morgan fingerprint density at radius 1 is 1.67 bits per heavy atom. The molecule has 1 N–H and O–H groups in total. The molecule has 1 rings (SSSR count). The monoisotopic (exact) mass is 210 g/mol. The molecule has 4 nitrogen and oxygen atoms in total. The molecule has 1 heterocycles. The Morgan fingerprint density at radius 3 is 3.00 bits per heavy atom. The van der Waals surface area contributed by atoms with Crippen LogP contribution in [-0.4, -0.2) is 23.7 Å². The van der Waals surface area contributed by atoms with E-state index in [1.807, 2.05) is 18.3 Å². The summed E-state index contributed by atoms with van der Waals surface area (Å²) in [5.74, 6) is -0.232. The van der Waals surface area contributed by atoms with Crippen molar-refractivity contribution in [1.82, 2.24) is 9.88 Å². The minimum absolute atomic E-state index is 0.232. The summed E-state index contributed by atoms with van der Waals surface area (Å²) in [6.45, 7) is 5.51. The van der Waals surface area contributed by atoms with E-state index in [4.69, 9.17) is 0 Å². The van der Waals surface area contributed by atoms with Crippen LogP contribution in [0.2, 0.25) is 0 Å². The third-order valence-electron chi connectivity index (χ3n) is 2.41. The summed E-state index contributed by atoms with van der Waals surface area (Å²) < 4.78 is 6.77. The van der Waals surface area contributed by atoms with Crippen molar-refractivity contribution in [1.29, 1.82) is 0 Å². The Kier molecular flexibility index (Phi) is 4.37. The quantitative estimate of drug-likeness (QED) is 0.742. The number of nitrogens with zero attached hydrogens (tertiary/aromatic N) is 1. The lowest BCUT2D eigenvalue weighted by atomic mass is 10.3. The number of hydrogen-bond donors (Lipinski definition) is 1. The minimum Gasteiger partial charge on any atom is -0.468 e. The molecule has 0 bridgehead atoms. The second-order valence-corrected chi connectivity index (χ2v) is 3.41. The summed E-state index contributed by atoms with van der Waals surface area (Å²) in [6, 6.07) is 3.78. The number of aryl methyl sites for hydroxylation is 1. The average molecular weight is 210 g/mol. The SMILES string of the molecule is CCn1cccc1CNC(C)C(=O)OC. The van der Waals surface area contributed by atoms with E-state index in [1.165, 1.54) is 12.8 Å². The summed E-state index contributed by atoms with van der Waals surface area (Å²) in [6.07, 6.45) is 2.03. The molecule has 0 spiro atoms. The van der Waals surface area contributed by atoms with Crippen LogP contribution in [-0.2, 0) is 22.6 Å². The van der Waals surface area contributed by atoms with Gasteiger partial charge in [-0.1, -0.05) is 0 Å². The molecule has 4 heteroatoms. The van der Waals surface area contributed by atoms with Crippen LogP contribution >= 0.6 is 0 Å². The van der Waals surface area contributed by atoms with Gasteiger partial charge in [0.2, 0.25) is 0 Å². The molecule has 1 unspecified atom stereocenters. The van der Waals surface area contributed by atoms with Crippen LogP contribution in [0.4, 0.5) is 0 Å². The predicted octanol–water partition coefficient (Wildman–Crippen LogP) is 1.16. The van der Waals surface area contributed by atoms with Gasteiger partial charge in [0, 0.05) is 25.0 Å². The molecule has 1 atom stereocenters. The maximum absolute atomic E-state index is 11.1. The van der Waals surface area contributed by atoms with Gasteiger partial charge in [-0.05, 0) is 26.0 Å². The highest BCUT2D eigenvalue weighted by Crippen LogP contribution is 2.02. The van der Waals surface area contributed by atoms with Crippen molar-refractivity contribution in [3.63, 3.8) is 0 Å². The van der Waals surface area contributed by atoms with Gasteiger partial charge in [-0.25, -0.2) is 0 Å². The van der Waals surface area contributed by atoms with E-state index in [1.54, 1.807) is 6.92 Å². The van der Waals surface area contributed by atoms with Gasteiger partial charge in [0.15, 0.2) is 0 Å². The van der Waals surface area contributed by atoms with Crippen molar-refractivity contribution >= 4 is 5.97 Å². The van der Waals surface area contributed by atoms with E-state index < -0.39 is 0 Å². The molecule has 1 aromatic heterocycles. The first-order valence-electron chi connectivity index (χ1n) is 5.14. The number of rotatable bonds is 5. The summed E-state index contributed by atoms with van der Waals surface area (Å²) in [7, 11) is 1.40. The average Bonchev–Trinajstić information content (AvgIpc) is 2.71. The number of aromatic nitrogens is 1. The number of carbonyl (C=O) groups is 1. The number of ether oxygens (including phenoxy) is 1. The van der Waals surface area contributed by atoms with Crippen molar-refractivity contribution in [3.8, 4) is 0 Å². The molecule has 0 amide bonds. The normalized spacial score (nSPS) is 12.5. The second kappa shape index (κ2) is 5.56.